The summed E-state index contributed by atoms with van der Waals surface area (Å²) >= 11 is 0. The molecule has 0 amide bonds. The number of rotatable bonds is 3. The van der Waals surface area contributed by atoms with Gasteiger partial charge in [0.2, 0.25) is 10.0 Å². The number of hydrogen-bond donors (Lipinski definition) is 1. The van der Waals surface area contributed by atoms with E-state index in [4.69, 9.17) is 0 Å². The zero-order valence-corrected chi connectivity index (χ0v) is 16.0. The van der Waals surface area contributed by atoms with Crippen molar-refractivity contribution in [3.8, 4) is 0 Å². The number of para-hydroxylation sites is 2. The largest absolute Gasteiger partial charge is 0.416 e. The molecule has 0 aliphatic carbocycles. The first-order chi connectivity index (χ1) is 13.7. The van der Waals surface area contributed by atoms with Crippen LogP contribution in [0.2, 0.25) is 0 Å². The molecule has 1 fully saturated rings. The molecule has 154 valence electrons. The highest BCUT2D eigenvalue weighted by atomic mass is 32.2. The van der Waals surface area contributed by atoms with Gasteiger partial charge in [-0.1, -0.05) is 18.2 Å². The van der Waals surface area contributed by atoms with E-state index in [1.54, 1.807) is 10.6 Å². The molecule has 1 aliphatic heterocycles. The standard InChI is InChI=1S/C19H18F3N3O3S/c20-19(21,22)13-4-3-5-15(12-13)29(27,28)24-10-8-14(9-11-24)25-17-7-2-1-6-16(17)23-18(25)26/h1-7,12,14H,8-11H2,(H,23,26). The minimum Gasteiger partial charge on any atom is -0.306 e. The highest BCUT2D eigenvalue weighted by molar-refractivity contribution is 7.89. The van der Waals surface area contributed by atoms with Gasteiger partial charge in [-0.3, -0.25) is 4.57 Å². The molecule has 0 unspecified atom stereocenters. The molecule has 0 radical (unpaired) electrons. The minimum absolute atomic E-state index is 0.120. The molecule has 2 heterocycles. The molecule has 1 N–H and O–H groups in total. The molecule has 1 aromatic heterocycles. The van der Waals surface area contributed by atoms with E-state index in [0.717, 1.165) is 17.6 Å². The molecule has 3 aromatic rings. The normalized spacial score (nSPS) is 17.1. The molecular weight excluding hydrogens is 407 g/mol. The number of aromatic amines is 1. The molecular formula is C19H18F3N3O3S. The van der Waals surface area contributed by atoms with Crippen molar-refractivity contribution in [3.05, 3.63) is 64.6 Å². The van der Waals surface area contributed by atoms with Crippen LogP contribution in [-0.4, -0.2) is 35.4 Å². The maximum Gasteiger partial charge on any atom is 0.416 e. The Balaban J connectivity index is 1.56. The molecule has 0 atom stereocenters. The first-order valence-corrected chi connectivity index (χ1v) is 10.5. The third-order valence-corrected chi connectivity index (χ3v) is 7.11. The van der Waals surface area contributed by atoms with E-state index < -0.39 is 21.8 Å². The summed E-state index contributed by atoms with van der Waals surface area (Å²) in [5, 5.41) is 0. The van der Waals surface area contributed by atoms with E-state index in [0.29, 0.717) is 24.4 Å². The fraction of sp³-hybridized carbons (Fsp3) is 0.316. The van der Waals surface area contributed by atoms with Gasteiger partial charge in [0.25, 0.3) is 0 Å². The van der Waals surface area contributed by atoms with E-state index in [1.165, 1.54) is 10.4 Å². The number of imidazole rings is 1. The summed E-state index contributed by atoms with van der Waals surface area (Å²) in [6, 6.07) is 10.8. The summed E-state index contributed by atoms with van der Waals surface area (Å²) < 4.78 is 67.2. The number of piperidine rings is 1. The van der Waals surface area contributed by atoms with E-state index >= 15 is 0 Å². The Morgan fingerprint density at radius 1 is 1.00 bits per heavy atom. The van der Waals surface area contributed by atoms with Crippen LogP contribution in [0.3, 0.4) is 0 Å². The maximum atomic E-state index is 12.9. The summed E-state index contributed by atoms with van der Waals surface area (Å²) in [4.78, 5) is 14.7. The lowest BCUT2D eigenvalue weighted by atomic mass is 10.1. The van der Waals surface area contributed by atoms with Crippen LogP contribution < -0.4 is 5.69 Å². The molecule has 0 spiro atoms. The fourth-order valence-corrected chi connectivity index (χ4v) is 5.28. The Bertz CT molecular complexity index is 1210. The van der Waals surface area contributed by atoms with Gasteiger partial charge < -0.3 is 4.98 Å². The summed E-state index contributed by atoms with van der Waals surface area (Å²) in [7, 11) is -4.05. The monoisotopic (exact) mass is 425 g/mol. The summed E-state index contributed by atoms with van der Waals surface area (Å²) in [5.41, 5.74) is 0.192. The van der Waals surface area contributed by atoms with Crippen LogP contribution in [0.5, 0.6) is 0 Å². The van der Waals surface area contributed by atoms with Crippen LogP contribution in [0.1, 0.15) is 24.4 Å². The molecule has 4 rings (SSSR count). The van der Waals surface area contributed by atoms with E-state index in [9.17, 15) is 26.4 Å². The van der Waals surface area contributed by atoms with Crippen molar-refractivity contribution < 1.29 is 21.6 Å². The van der Waals surface area contributed by atoms with Gasteiger partial charge in [0, 0.05) is 19.1 Å². The highest BCUT2D eigenvalue weighted by Crippen LogP contribution is 2.32. The number of sulfonamides is 1. The van der Waals surface area contributed by atoms with Crippen LogP contribution in [0.4, 0.5) is 13.2 Å². The van der Waals surface area contributed by atoms with Crippen molar-refractivity contribution in [3.63, 3.8) is 0 Å². The second kappa shape index (κ2) is 7.03. The Morgan fingerprint density at radius 3 is 2.38 bits per heavy atom. The van der Waals surface area contributed by atoms with Crippen LogP contribution in [-0.2, 0) is 16.2 Å². The average Bonchev–Trinajstić information content (AvgIpc) is 3.03. The topological polar surface area (TPSA) is 75.2 Å². The molecule has 10 heteroatoms. The van der Waals surface area contributed by atoms with Gasteiger partial charge in [-0.05, 0) is 43.2 Å². The van der Waals surface area contributed by atoms with E-state index in [1.807, 2.05) is 18.2 Å². The molecule has 2 aromatic carbocycles. The van der Waals surface area contributed by atoms with Crippen LogP contribution in [0.25, 0.3) is 11.0 Å². The van der Waals surface area contributed by atoms with Crippen molar-refractivity contribution in [2.24, 2.45) is 0 Å². The predicted molar refractivity (Wildman–Crippen MR) is 101 cm³/mol. The van der Waals surface area contributed by atoms with Gasteiger partial charge in [-0.15, -0.1) is 0 Å². The molecule has 6 nitrogen and oxygen atoms in total. The summed E-state index contributed by atoms with van der Waals surface area (Å²) in [6.45, 7) is 0.240. The zero-order chi connectivity index (χ0) is 20.8. The minimum atomic E-state index is -4.62. The number of H-pyrrole nitrogens is 1. The molecule has 29 heavy (non-hydrogen) atoms. The van der Waals surface area contributed by atoms with Crippen LogP contribution in [0.15, 0.2) is 58.2 Å². The van der Waals surface area contributed by atoms with Crippen molar-refractivity contribution >= 4 is 21.1 Å². The number of nitrogens with zero attached hydrogens (tertiary/aromatic N) is 2. The lowest BCUT2D eigenvalue weighted by molar-refractivity contribution is -0.137. The second-order valence-corrected chi connectivity index (χ2v) is 8.92. The lowest BCUT2D eigenvalue weighted by Gasteiger charge is -2.31. The maximum absolute atomic E-state index is 12.9. The van der Waals surface area contributed by atoms with Crippen molar-refractivity contribution in [2.45, 2.75) is 30.0 Å². The molecule has 0 saturated carbocycles. The third-order valence-electron chi connectivity index (χ3n) is 5.21. The SMILES string of the molecule is O=c1[nH]c2ccccc2n1C1CCN(S(=O)(=O)c2cccc(C(F)(F)F)c2)CC1. The van der Waals surface area contributed by atoms with Gasteiger partial charge in [-0.2, -0.15) is 17.5 Å². The predicted octanol–water partition coefficient (Wildman–Crippen LogP) is 3.37. The Kier molecular flexibility index (Phi) is 4.78. The number of aromatic nitrogens is 2. The van der Waals surface area contributed by atoms with Gasteiger partial charge in [-0.25, -0.2) is 13.2 Å². The number of fused-ring (bicyclic) bond motifs is 1. The lowest BCUT2D eigenvalue weighted by Crippen LogP contribution is -2.40. The number of nitrogens with one attached hydrogen (secondary N) is 1. The zero-order valence-electron chi connectivity index (χ0n) is 15.2. The quantitative estimate of drug-likeness (QED) is 0.699. The van der Waals surface area contributed by atoms with Gasteiger partial charge in [0.15, 0.2) is 0 Å². The third kappa shape index (κ3) is 3.58. The second-order valence-electron chi connectivity index (χ2n) is 6.98. The summed E-state index contributed by atoms with van der Waals surface area (Å²) in [6.07, 6.45) is -3.84. The van der Waals surface area contributed by atoms with Gasteiger partial charge in [0.1, 0.15) is 0 Å². The van der Waals surface area contributed by atoms with E-state index in [-0.39, 0.29) is 29.7 Å². The first kappa shape index (κ1) is 19.7. The van der Waals surface area contributed by atoms with Gasteiger partial charge in [0.05, 0.1) is 21.5 Å². The Hall–Kier alpha value is -2.59. The first-order valence-electron chi connectivity index (χ1n) is 9.04. The Labute approximate surface area is 164 Å². The smallest absolute Gasteiger partial charge is 0.306 e. The molecule has 1 aliphatic rings. The van der Waals surface area contributed by atoms with Crippen molar-refractivity contribution in [1.82, 2.24) is 13.9 Å². The molecule has 1 saturated heterocycles. The fourth-order valence-electron chi connectivity index (χ4n) is 3.76. The van der Waals surface area contributed by atoms with Gasteiger partial charge >= 0.3 is 11.9 Å². The average molecular weight is 425 g/mol. The number of hydrogen-bond acceptors (Lipinski definition) is 3. The number of halogens is 3. The Morgan fingerprint density at radius 2 is 1.69 bits per heavy atom. The van der Waals surface area contributed by atoms with Crippen LogP contribution in [0, 0.1) is 0 Å². The van der Waals surface area contributed by atoms with Crippen molar-refractivity contribution in [1.29, 1.82) is 0 Å². The highest BCUT2D eigenvalue weighted by Gasteiger charge is 2.34. The van der Waals surface area contributed by atoms with Crippen LogP contribution >= 0.6 is 0 Å². The summed E-state index contributed by atoms with van der Waals surface area (Å²) in [5.74, 6) is 0. The van der Waals surface area contributed by atoms with E-state index in [2.05, 4.69) is 4.98 Å². The number of benzene rings is 2. The molecule has 0 bridgehead atoms. The van der Waals surface area contributed by atoms with Crippen molar-refractivity contribution in [2.75, 3.05) is 13.1 Å². The number of alkyl halides is 3.